The molecule has 3 nitrogen and oxygen atoms in total. The van der Waals surface area contributed by atoms with Crippen LogP contribution in [0.3, 0.4) is 0 Å². The van der Waals surface area contributed by atoms with E-state index in [-0.39, 0.29) is 0 Å². The Balaban J connectivity index is 1.45. The number of likely N-dealkylation sites (N-methyl/N-ethyl adjacent to an activating group) is 1. The predicted octanol–water partition coefficient (Wildman–Crippen LogP) is 2.80. The third-order valence-electron chi connectivity index (χ3n) is 5.74. The third-order valence-corrected chi connectivity index (χ3v) is 5.74. The molecule has 116 valence electrons. The van der Waals surface area contributed by atoms with Crippen molar-refractivity contribution in [3.05, 3.63) is 0 Å². The SMILES string of the molecule is CCN(CC1CCNCC1)CC1CCC2(CCCC2)O1. The molecular weight excluding hydrogens is 248 g/mol. The molecule has 1 spiro atoms. The Kier molecular flexibility index (Phi) is 5.00. The van der Waals surface area contributed by atoms with E-state index in [1.165, 1.54) is 84.1 Å². The molecule has 3 rings (SSSR count). The fourth-order valence-electron chi connectivity index (χ4n) is 4.46. The second-order valence-electron chi connectivity index (χ2n) is 7.21. The zero-order valence-electron chi connectivity index (χ0n) is 13.2. The van der Waals surface area contributed by atoms with Gasteiger partial charge in [-0.25, -0.2) is 0 Å². The molecule has 2 heterocycles. The first-order valence-electron chi connectivity index (χ1n) is 8.90. The summed E-state index contributed by atoms with van der Waals surface area (Å²) in [5.74, 6) is 0.901. The van der Waals surface area contributed by atoms with Gasteiger partial charge < -0.3 is 15.0 Å². The van der Waals surface area contributed by atoms with Crippen molar-refractivity contribution in [2.45, 2.75) is 70.0 Å². The highest BCUT2D eigenvalue weighted by atomic mass is 16.5. The summed E-state index contributed by atoms with van der Waals surface area (Å²) in [5, 5.41) is 3.47. The summed E-state index contributed by atoms with van der Waals surface area (Å²) in [4.78, 5) is 2.65. The van der Waals surface area contributed by atoms with Gasteiger partial charge in [-0.05, 0) is 64.1 Å². The highest BCUT2D eigenvalue weighted by Gasteiger charge is 2.42. The van der Waals surface area contributed by atoms with Gasteiger partial charge in [0, 0.05) is 13.1 Å². The van der Waals surface area contributed by atoms with Gasteiger partial charge in [0.1, 0.15) is 0 Å². The van der Waals surface area contributed by atoms with Crippen LogP contribution < -0.4 is 5.32 Å². The van der Waals surface area contributed by atoms with Crippen LogP contribution in [0.15, 0.2) is 0 Å². The molecule has 1 unspecified atom stereocenters. The molecule has 0 aromatic rings. The molecule has 3 heteroatoms. The minimum atomic E-state index is 0.304. The number of ether oxygens (including phenoxy) is 1. The molecule has 1 atom stereocenters. The van der Waals surface area contributed by atoms with E-state index in [0.717, 1.165) is 5.92 Å². The van der Waals surface area contributed by atoms with Crippen LogP contribution in [-0.2, 0) is 4.74 Å². The van der Waals surface area contributed by atoms with Crippen molar-refractivity contribution in [3.8, 4) is 0 Å². The van der Waals surface area contributed by atoms with Gasteiger partial charge >= 0.3 is 0 Å². The molecule has 20 heavy (non-hydrogen) atoms. The van der Waals surface area contributed by atoms with Gasteiger partial charge in [-0.2, -0.15) is 0 Å². The normalized spacial score (nSPS) is 30.6. The van der Waals surface area contributed by atoms with Gasteiger partial charge in [-0.3, -0.25) is 0 Å². The molecular formula is C17H32N2O. The first-order chi connectivity index (χ1) is 9.80. The maximum absolute atomic E-state index is 6.48. The molecule has 1 N–H and O–H groups in total. The zero-order chi connectivity index (χ0) is 13.8. The monoisotopic (exact) mass is 280 g/mol. The van der Waals surface area contributed by atoms with Crippen LogP contribution >= 0.6 is 0 Å². The van der Waals surface area contributed by atoms with Crippen LogP contribution in [-0.4, -0.2) is 49.3 Å². The highest BCUT2D eigenvalue weighted by Crippen LogP contribution is 2.43. The lowest BCUT2D eigenvalue weighted by atomic mass is 9.97. The second kappa shape index (κ2) is 6.76. The number of hydrogen-bond donors (Lipinski definition) is 1. The van der Waals surface area contributed by atoms with E-state index < -0.39 is 0 Å². The van der Waals surface area contributed by atoms with Gasteiger partial charge in [-0.1, -0.05) is 19.8 Å². The quantitative estimate of drug-likeness (QED) is 0.838. The zero-order valence-corrected chi connectivity index (χ0v) is 13.2. The molecule has 0 radical (unpaired) electrons. The number of rotatable bonds is 5. The number of piperidine rings is 1. The first-order valence-corrected chi connectivity index (χ1v) is 8.90. The fourth-order valence-corrected chi connectivity index (χ4v) is 4.46. The average molecular weight is 280 g/mol. The summed E-state index contributed by atoms with van der Waals surface area (Å²) < 4.78 is 6.48. The molecule has 2 aliphatic heterocycles. The van der Waals surface area contributed by atoms with Crippen molar-refractivity contribution >= 4 is 0 Å². The topological polar surface area (TPSA) is 24.5 Å². The van der Waals surface area contributed by atoms with Crippen LogP contribution in [0, 0.1) is 5.92 Å². The Morgan fingerprint density at radius 2 is 1.80 bits per heavy atom. The van der Waals surface area contributed by atoms with Crippen LogP contribution in [0.2, 0.25) is 0 Å². The molecule has 3 aliphatic rings. The van der Waals surface area contributed by atoms with E-state index >= 15 is 0 Å². The number of nitrogens with zero attached hydrogens (tertiary/aromatic N) is 1. The largest absolute Gasteiger partial charge is 0.370 e. The highest BCUT2D eigenvalue weighted by molar-refractivity contribution is 4.93. The van der Waals surface area contributed by atoms with E-state index in [1.807, 2.05) is 0 Å². The van der Waals surface area contributed by atoms with E-state index in [2.05, 4.69) is 17.1 Å². The fraction of sp³-hybridized carbons (Fsp3) is 1.00. The Morgan fingerprint density at radius 1 is 1.05 bits per heavy atom. The summed E-state index contributed by atoms with van der Waals surface area (Å²) in [6.45, 7) is 8.36. The van der Waals surface area contributed by atoms with E-state index in [4.69, 9.17) is 4.74 Å². The van der Waals surface area contributed by atoms with E-state index in [9.17, 15) is 0 Å². The summed E-state index contributed by atoms with van der Waals surface area (Å²) in [6.07, 6.45) is 11.3. The number of nitrogens with one attached hydrogen (secondary N) is 1. The van der Waals surface area contributed by atoms with Crippen molar-refractivity contribution in [1.29, 1.82) is 0 Å². The summed E-state index contributed by atoms with van der Waals surface area (Å²) in [6, 6.07) is 0. The van der Waals surface area contributed by atoms with Crippen LogP contribution in [0.25, 0.3) is 0 Å². The van der Waals surface area contributed by atoms with Gasteiger partial charge in [0.15, 0.2) is 0 Å². The Morgan fingerprint density at radius 3 is 2.50 bits per heavy atom. The Bertz CT molecular complexity index is 295. The van der Waals surface area contributed by atoms with E-state index in [1.54, 1.807) is 0 Å². The van der Waals surface area contributed by atoms with Crippen molar-refractivity contribution in [3.63, 3.8) is 0 Å². The summed E-state index contributed by atoms with van der Waals surface area (Å²) in [5.41, 5.74) is 0.304. The smallest absolute Gasteiger partial charge is 0.0710 e. The lowest BCUT2D eigenvalue weighted by Gasteiger charge is -2.31. The van der Waals surface area contributed by atoms with Crippen molar-refractivity contribution in [2.24, 2.45) is 5.92 Å². The van der Waals surface area contributed by atoms with Crippen molar-refractivity contribution in [2.75, 3.05) is 32.7 Å². The van der Waals surface area contributed by atoms with Crippen LogP contribution in [0.5, 0.6) is 0 Å². The van der Waals surface area contributed by atoms with Gasteiger partial charge in [-0.15, -0.1) is 0 Å². The molecule has 1 aliphatic carbocycles. The predicted molar refractivity (Wildman–Crippen MR) is 83.0 cm³/mol. The molecule has 0 amide bonds. The minimum absolute atomic E-state index is 0.304. The Hall–Kier alpha value is -0.120. The third kappa shape index (κ3) is 3.55. The average Bonchev–Trinajstić information content (AvgIpc) is 3.10. The number of hydrogen-bond acceptors (Lipinski definition) is 3. The van der Waals surface area contributed by atoms with Crippen LogP contribution in [0.4, 0.5) is 0 Å². The van der Waals surface area contributed by atoms with E-state index in [0.29, 0.717) is 11.7 Å². The second-order valence-corrected chi connectivity index (χ2v) is 7.21. The lowest BCUT2D eigenvalue weighted by molar-refractivity contribution is -0.0482. The summed E-state index contributed by atoms with van der Waals surface area (Å²) in [7, 11) is 0. The maximum Gasteiger partial charge on any atom is 0.0710 e. The van der Waals surface area contributed by atoms with Gasteiger partial charge in [0.25, 0.3) is 0 Å². The lowest BCUT2D eigenvalue weighted by Crippen LogP contribution is -2.40. The van der Waals surface area contributed by atoms with Crippen molar-refractivity contribution < 1.29 is 4.74 Å². The van der Waals surface area contributed by atoms with Gasteiger partial charge in [0.05, 0.1) is 11.7 Å². The minimum Gasteiger partial charge on any atom is -0.370 e. The Labute approximate surface area is 124 Å². The van der Waals surface area contributed by atoms with Gasteiger partial charge in [0.2, 0.25) is 0 Å². The standard InChI is InChI=1S/C17H32N2O/c1-2-19(13-15-6-11-18-12-7-15)14-16-5-10-17(20-16)8-3-4-9-17/h15-16,18H,2-14H2,1H3. The van der Waals surface area contributed by atoms with Crippen LogP contribution in [0.1, 0.15) is 58.3 Å². The molecule has 0 aromatic carbocycles. The molecule has 1 saturated carbocycles. The maximum atomic E-state index is 6.48. The van der Waals surface area contributed by atoms with Crippen molar-refractivity contribution in [1.82, 2.24) is 10.2 Å². The first kappa shape index (κ1) is 14.8. The molecule has 0 aromatic heterocycles. The molecule has 3 fully saturated rings. The summed E-state index contributed by atoms with van der Waals surface area (Å²) >= 11 is 0. The molecule has 2 saturated heterocycles. The molecule has 0 bridgehead atoms.